The summed E-state index contributed by atoms with van der Waals surface area (Å²) in [5, 5.41) is 0. The second kappa shape index (κ2) is 7.07. The molecule has 0 atom stereocenters. The zero-order valence-electron chi connectivity index (χ0n) is 10.9. The molecule has 0 radical (unpaired) electrons. The summed E-state index contributed by atoms with van der Waals surface area (Å²) in [7, 11) is 0. The monoisotopic (exact) mass is 270 g/mol. The number of hydrogen-bond donors (Lipinski definition) is 2. The zero-order chi connectivity index (χ0) is 12.8. The molecule has 1 aromatic rings. The van der Waals surface area contributed by atoms with E-state index in [2.05, 4.69) is 26.8 Å². The van der Waals surface area contributed by atoms with Crippen LogP contribution in [0.1, 0.15) is 32.3 Å². The number of nitrogens with two attached hydrogens (primary N) is 2. The van der Waals surface area contributed by atoms with Gasteiger partial charge < -0.3 is 11.5 Å². The van der Waals surface area contributed by atoms with E-state index < -0.39 is 0 Å². The van der Waals surface area contributed by atoms with Crippen LogP contribution in [-0.4, -0.2) is 11.5 Å². The summed E-state index contributed by atoms with van der Waals surface area (Å²) in [5.74, 6) is 2.17. The Hall–Kier alpha value is -0.480. The highest BCUT2D eigenvalue weighted by Crippen LogP contribution is 2.40. The van der Waals surface area contributed by atoms with E-state index in [1.165, 1.54) is 4.90 Å². The van der Waals surface area contributed by atoms with E-state index in [4.69, 9.17) is 11.5 Å². The molecular weight excluding hydrogens is 248 g/mol. The van der Waals surface area contributed by atoms with Gasteiger partial charge in [-0.15, -0.1) is 23.5 Å². The Balaban J connectivity index is 3.04. The molecule has 0 saturated heterocycles. The van der Waals surface area contributed by atoms with Gasteiger partial charge in [-0.05, 0) is 42.9 Å². The fourth-order valence-electron chi connectivity index (χ4n) is 1.48. The third kappa shape index (κ3) is 3.75. The first-order valence-corrected chi connectivity index (χ1v) is 8.03. The number of rotatable bonds is 6. The molecule has 96 valence electrons. The van der Waals surface area contributed by atoms with Gasteiger partial charge in [0.05, 0.1) is 16.3 Å². The van der Waals surface area contributed by atoms with E-state index in [1.54, 1.807) is 11.8 Å². The quantitative estimate of drug-likeness (QED) is 0.602. The molecule has 0 aliphatic rings. The number of hydrogen-bond acceptors (Lipinski definition) is 4. The first-order valence-electron chi connectivity index (χ1n) is 6.05. The smallest absolute Gasteiger partial charge is 0.0611 e. The average molecular weight is 270 g/mol. The summed E-state index contributed by atoms with van der Waals surface area (Å²) >= 11 is 3.60. The van der Waals surface area contributed by atoms with Crippen LogP contribution < -0.4 is 11.5 Å². The Bertz CT molecular complexity index is 378. The van der Waals surface area contributed by atoms with E-state index in [-0.39, 0.29) is 0 Å². The van der Waals surface area contributed by atoms with Crippen molar-refractivity contribution in [2.45, 2.75) is 43.4 Å². The lowest BCUT2D eigenvalue weighted by Crippen LogP contribution is -2.01. The van der Waals surface area contributed by atoms with E-state index in [0.29, 0.717) is 0 Å². The summed E-state index contributed by atoms with van der Waals surface area (Å²) in [6.45, 7) is 6.41. The number of nitrogen functional groups attached to an aromatic ring is 2. The van der Waals surface area contributed by atoms with Crippen LogP contribution in [0.5, 0.6) is 0 Å². The van der Waals surface area contributed by atoms with Gasteiger partial charge in [-0.3, -0.25) is 0 Å². The molecule has 0 aliphatic carbocycles. The lowest BCUT2D eigenvalue weighted by Gasteiger charge is -2.15. The molecule has 1 rings (SSSR count). The Labute approximate surface area is 113 Å². The molecular formula is C13H22N2S2. The van der Waals surface area contributed by atoms with Gasteiger partial charge in [0.25, 0.3) is 0 Å². The van der Waals surface area contributed by atoms with Crippen LogP contribution >= 0.6 is 23.5 Å². The molecule has 0 saturated carbocycles. The van der Waals surface area contributed by atoms with E-state index >= 15 is 0 Å². The first-order chi connectivity index (χ1) is 8.11. The SMILES string of the molecule is CCCSc1cc(C)c(N)c(SCCC)c1N. The Morgan fingerprint density at radius 1 is 1.00 bits per heavy atom. The van der Waals surface area contributed by atoms with E-state index in [9.17, 15) is 0 Å². The highest BCUT2D eigenvalue weighted by atomic mass is 32.2. The molecule has 0 aromatic heterocycles. The third-order valence-electron chi connectivity index (χ3n) is 2.44. The molecule has 4 N–H and O–H groups in total. The summed E-state index contributed by atoms with van der Waals surface area (Å²) in [6, 6.07) is 2.11. The fourth-order valence-corrected chi connectivity index (χ4v) is 3.48. The van der Waals surface area contributed by atoms with Crippen LogP contribution in [0, 0.1) is 6.92 Å². The van der Waals surface area contributed by atoms with Gasteiger partial charge in [0.2, 0.25) is 0 Å². The van der Waals surface area contributed by atoms with Crippen LogP contribution in [0.25, 0.3) is 0 Å². The molecule has 17 heavy (non-hydrogen) atoms. The van der Waals surface area contributed by atoms with Crippen molar-refractivity contribution in [1.82, 2.24) is 0 Å². The van der Waals surface area contributed by atoms with Gasteiger partial charge in [-0.25, -0.2) is 0 Å². The minimum Gasteiger partial charge on any atom is -0.398 e. The molecule has 0 bridgehead atoms. The minimum atomic E-state index is 0.849. The van der Waals surface area contributed by atoms with Crippen molar-refractivity contribution in [1.29, 1.82) is 0 Å². The van der Waals surface area contributed by atoms with Gasteiger partial charge in [0.1, 0.15) is 0 Å². The first kappa shape index (κ1) is 14.6. The summed E-state index contributed by atoms with van der Waals surface area (Å²) in [4.78, 5) is 2.25. The zero-order valence-corrected chi connectivity index (χ0v) is 12.5. The summed E-state index contributed by atoms with van der Waals surface area (Å²) in [6.07, 6.45) is 2.29. The normalized spacial score (nSPS) is 10.8. The molecule has 2 nitrogen and oxygen atoms in total. The number of benzene rings is 1. The summed E-state index contributed by atoms with van der Waals surface area (Å²) in [5.41, 5.74) is 15.2. The average Bonchev–Trinajstić information content (AvgIpc) is 2.32. The third-order valence-corrected chi connectivity index (χ3v) is 5.04. The standard InChI is InChI=1S/C13H22N2S2/c1-4-6-16-10-8-9(3)11(14)13(12(10)15)17-7-5-2/h8H,4-7,14-15H2,1-3H3. The maximum atomic E-state index is 6.21. The Morgan fingerprint density at radius 3 is 2.18 bits per heavy atom. The number of thioether (sulfide) groups is 2. The van der Waals surface area contributed by atoms with E-state index in [1.807, 2.05) is 11.8 Å². The molecule has 0 amide bonds. The van der Waals surface area contributed by atoms with Gasteiger partial charge >= 0.3 is 0 Å². The van der Waals surface area contributed by atoms with Crippen molar-refractivity contribution in [3.05, 3.63) is 11.6 Å². The molecule has 4 heteroatoms. The van der Waals surface area contributed by atoms with Gasteiger partial charge in [-0.1, -0.05) is 13.8 Å². The van der Waals surface area contributed by atoms with Crippen LogP contribution in [0.3, 0.4) is 0 Å². The number of aryl methyl sites for hydroxylation is 1. The van der Waals surface area contributed by atoms with Crippen molar-refractivity contribution < 1.29 is 0 Å². The van der Waals surface area contributed by atoms with Crippen molar-refractivity contribution in [3.8, 4) is 0 Å². The van der Waals surface area contributed by atoms with Gasteiger partial charge in [0, 0.05) is 4.90 Å². The van der Waals surface area contributed by atoms with E-state index in [0.717, 1.165) is 46.2 Å². The summed E-state index contributed by atoms with van der Waals surface area (Å²) < 4.78 is 0. The van der Waals surface area contributed by atoms with Gasteiger partial charge in [0.15, 0.2) is 0 Å². The largest absolute Gasteiger partial charge is 0.398 e. The van der Waals surface area contributed by atoms with Crippen LogP contribution in [-0.2, 0) is 0 Å². The van der Waals surface area contributed by atoms with Gasteiger partial charge in [-0.2, -0.15) is 0 Å². The second-order valence-corrected chi connectivity index (χ2v) is 6.29. The van der Waals surface area contributed by atoms with Crippen LogP contribution in [0.2, 0.25) is 0 Å². The van der Waals surface area contributed by atoms with Crippen molar-refractivity contribution in [2.75, 3.05) is 23.0 Å². The van der Waals surface area contributed by atoms with Crippen molar-refractivity contribution >= 4 is 34.9 Å². The Morgan fingerprint density at radius 2 is 1.59 bits per heavy atom. The highest BCUT2D eigenvalue weighted by molar-refractivity contribution is 8.00. The lowest BCUT2D eigenvalue weighted by atomic mass is 10.2. The molecule has 0 heterocycles. The molecule has 1 aromatic carbocycles. The second-order valence-electron chi connectivity index (χ2n) is 4.04. The van der Waals surface area contributed by atoms with Crippen molar-refractivity contribution in [2.24, 2.45) is 0 Å². The van der Waals surface area contributed by atoms with Crippen molar-refractivity contribution in [3.63, 3.8) is 0 Å². The molecule has 0 spiro atoms. The molecule has 0 fully saturated rings. The lowest BCUT2D eigenvalue weighted by molar-refractivity contribution is 1.10. The predicted molar refractivity (Wildman–Crippen MR) is 82.0 cm³/mol. The number of anilines is 2. The topological polar surface area (TPSA) is 52.0 Å². The fraction of sp³-hybridized carbons (Fsp3) is 0.538. The maximum absolute atomic E-state index is 6.21. The minimum absolute atomic E-state index is 0.849. The molecule has 0 aliphatic heterocycles. The predicted octanol–water partition coefficient (Wildman–Crippen LogP) is 4.16. The highest BCUT2D eigenvalue weighted by Gasteiger charge is 2.12. The maximum Gasteiger partial charge on any atom is 0.0611 e. The van der Waals surface area contributed by atoms with Crippen LogP contribution in [0.4, 0.5) is 11.4 Å². The Kier molecular flexibility index (Phi) is 6.06. The van der Waals surface area contributed by atoms with Crippen LogP contribution in [0.15, 0.2) is 15.9 Å². The molecule has 0 unspecified atom stereocenters.